The molecule has 0 aliphatic heterocycles. The molecule has 1 aromatic carbocycles. The molecule has 1 N–H and O–H groups in total. The molecule has 116 valence electrons. The van der Waals surface area contributed by atoms with Gasteiger partial charge < -0.3 is 5.32 Å². The van der Waals surface area contributed by atoms with Gasteiger partial charge in [0.05, 0.1) is 0 Å². The summed E-state index contributed by atoms with van der Waals surface area (Å²) in [6.07, 6.45) is 3.91. The van der Waals surface area contributed by atoms with Crippen LogP contribution in [0.15, 0.2) is 24.3 Å². The van der Waals surface area contributed by atoms with E-state index >= 15 is 0 Å². The topological polar surface area (TPSA) is 54.9 Å². The van der Waals surface area contributed by atoms with Crippen LogP contribution in [-0.4, -0.2) is 16.1 Å². The first-order chi connectivity index (χ1) is 10.7. The second-order valence-electron chi connectivity index (χ2n) is 5.59. The third-order valence-electron chi connectivity index (χ3n) is 3.87. The van der Waals surface area contributed by atoms with Gasteiger partial charge in [-0.1, -0.05) is 36.8 Å². The summed E-state index contributed by atoms with van der Waals surface area (Å²) in [5, 5.41) is 12.5. The average Bonchev–Trinajstić information content (AvgIpc) is 3.20. The van der Waals surface area contributed by atoms with E-state index in [0.29, 0.717) is 5.13 Å². The summed E-state index contributed by atoms with van der Waals surface area (Å²) in [5.74, 6) is -0.132. The molecular formula is C16H18FN3OS. The van der Waals surface area contributed by atoms with Crippen LogP contribution in [0.3, 0.4) is 0 Å². The summed E-state index contributed by atoms with van der Waals surface area (Å²) in [6.45, 7) is 2.13. The quantitative estimate of drug-likeness (QED) is 0.882. The smallest absolute Gasteiger partial charge is 0.229 e. The summed E-state index contributed by atoms with van der Waals surface area (Å²) in [7, 11) is 0. The monoisotopic (exact) mass is 319 g/mol. The highest BCUT2D eigenvalue weighted by Crippen LogP contribution is 2.48. The minimum absolute atomic E-state index is 0.0208. The van der Waals surface area contributed by atoms with Crippen LogP contribution in [-0.2, 0) is 11.2 Å². The maximum absolute atomic E-state index is 12.9. The van der Waals surface area contributed by atoms with Gasteiger partial charge in [0.1, 0.15) is 10.8 Å². The van der Waals surface area contributed by atoms with E-state index in [1.54, 1.807) is 12.1 Å². The van der Waals surface area contributed by atoms with Gasteiger partial charge in [0.2, 0.25) is 11.0 Å². The molecule has 2 atom stereocenters. The number of unbranched alkanes of at least 4 members (excludes halogenated alkanes) is 1. The van der Waals surface area contributed by atoms with Gasteiger partial charge in [-0.25, -0.2) is 4.39 Å². The number of anilines is 1. The third kappa shape index (κ3) is 3.50. The van der Waals surface area contributed by atoms with Crippen LogP contribution in [0.1, 0.15) is 42.7 Å². The number of halogens is 1. The van der Waals surface area contributed by atoms with Crippen molar-refractivity contribution in [3.05, 3.63) is 40.7 Å². The highest BCUT2D eigenvalue weighted by atomic mass is 32.1. The molecule has 1 aliphatic carbocycles. The molecule has 4 nitrogen and oxygen atoms in total. The van der Waals surface area contributed by atoms with Crippen LogP contribution in [0.4, 0.5) is 9.52 Å². The molecule has 6 heteroatoms. The van der Waals surface area contributed by atoms with Crippen LogP contribution in [0, 0.1) is 11.7 Å². The van der Waals surface area contributed by atoms with E-state index in [9.17, 15) is 9.18 Å². The van der Waals surface area contributed by atoms with Crippen molar-refractivity contribution in [2.24, 2.45) is 5.92 Å². The molecular weight excluding hydrogens is 301 g/mol. The number of nitrogens with one attached hydrogen (secondary N) is 1. The summed E-state index contributed by atoms with van der Waals surface area (Å²) in [6, 6.07) is 6.38. The van der Waals surface area contributed by atoms with Gasteiger partial charge >= 0.3 is 0 Å². The van der Waals surface area contributed by atoms with Crippen molar-refractivity contribution in [3.8, 4) is 0 Å². The average molecular weight is 319 g/mol. The zero-order chi connectivity index (χ0) is 15.5. The number of carbonyl (C=O) groups is 1. The largest absolute Gasteiger partial charge is 0.300 e. The molecule has 1 aromatic heterocycles. The lowest BCUT2D eigenvalue weighted by Gasteiger charge is -2.01. The third-order valence-corrected chi connectivity index (χ3v) is 4.77. The lowest BCUT2D eigenvalue weighted by atomic mass is 10.1. The normalized spacial score (nSPS) is 19.9. The van der Waals surface area contributed by atoms with Crippen molar-refractivity contribution in [2.75, 3.05) is 5.32 Å². The van der Waals surface area contributed by atoms with Gasteiger partial charge in [-0.15, -0.1) is 10.2 Å². The Labute approximate surface area is 132 Å². The van der Waals surface area contributed by atoms with Gasteiger partial charge in [-0.05, 0) is 36.5 Å². The Morgan fingerprint density at radius 1 is 1.36 bits per heavy atom. The van der Waals surface area contributed by atoms with Gasteiger partial charge in [0.25, 0.3) is 0 Å². The SMILES string of the molecule is CCCCc1nnc(NC(=O)C2CC2c2ccc(F)cc2)s1. The van der Waals surface area contributed by atoms with E-state index in [-0.39, 0.29) is 23.6 Å². The lowest BCUT2D eigenvalue weighted by molar-refractivity contribution is -0.117. The zero-order valence-corrected chi connectivity index (χ0v) is 13.2. The fraction of sp³-hybridized carbons (Fsp3) is 0.438. The van der Waals surface area contributed by atoms with E-state index in [0.717, 1.165) is 36.3 Å². The Kier molecular flexibility index (Phi) is 4.47. The molecule has 1 amide bonds. The summed E-state index contributed by atoms with van der Waals surface area (Å²) in [4.78, 5) is 12.2. The number of rotatable bonds is 6. The van der Waals surface area contributed by atoms with Crippen molar-refractivity contribution < 1.29 is 9.18 Å². The molecule has 2 aromatic rings. The molecule has 1 saturated carbocycles. The van der Waals surface area contributed by atoms with Crippen molar-refractivity contribution in [1.82, 2.24) is 10.2 Å². The van der Waals surface area contributed by atoms with Crippen LogP contribution in [0.2, 0.25) is 0 Å². The number of aromatic nitrogens is 2. The zero-order valence-electron chi connectivity index (χ0n) is 12.4. The maximum Gasteiger partial charge on any atom is 0.229 e. The van der Waals surface area contributed by atoms with Crippen LogP contribution in [0.25, 0.3) is 0 Å². The molecule has 0 spiro atoms. The van der Waals surface area contributed by atoms with Gasteiger partial charge in [-0.3, -0.25) is 4.79 Å². The molecule has 1 aliphatic rings. The first kappa shape index (κ1) is 15.1. The van der Waals surface area contributed by atoms with Crippen LogP contribution in [0.5, 0.6) is 0 Å². The van der Waals surface area contributed by atoms with E-state index in [4.69, 9.17) is 0 Å². The minimum Gasteiger partial charge on any atom is -0.300 e. The Balaban J connectivity index is 1.55. The number of benzene rings is 1. The Hall–Kier alpha value is -1.82. The van der Waals surface area contributed by atoms with Crippen molar-refractivity contribution in [2.45, 2.75) is 38.5 Å². The maximum atomic E-state index is 12.9. The van der Waals surface area contributed by atoms with E-state index in [1.807, 2.05) is 0 Å². The van der Waals surface area contributed by atoms with Crippen molar-refractivity contribution >= 4 is 22.4 Å². The molecule has 0 saturated heterocycles. The lowest BCUT2D eigenvalue weighted by Crippen LogP contribution is -2.14. The number of hydrogen-bond donors (Lipinski definition) is 1. The molecule has 0 bridgehead atoms. The minimum atomic E-state index is -0.251. The predicted octanol–water partition coefficient (Wildman–Crippen LogP) is 3.76. The van der Waals surface area contributed by atoms with E-state index in [1.165, 1.54) is 23.5 Å². The first-order valence-electron chi connectivity index (χ1n) is 7.56. The Morgan fingerprint density at radius 3 is 2.86 bits per heavy atom. The van der Waals surface area contributed by atoms with Crippen molar-refractivity contribution in [3.63, 3.8) is 0 Å². The summed E-state index contributed by atoms with van der Waals surface area (Å²) in [5.41, 5.74) is 1.02. The van der Waals surface area contributed by atoms with Gasteiger partial charge in [-0.2, -0.15) is 0 Å². The van der Waals surface area contributed by atoms with E-state index in [2.05, 4.69) is 22.4 Å². The van der Waals surface area contributed by atoms with Gasteiger partial charge in [0, 0.05) is 12.3 Å². The first-order valence-corrected chi connectivity index (χ1v) is 8.37. The van der Waals surface area contributed by atoms with Crippen LogP contribution >= 0.6 is 11.3 Å². The summed E-state index contributed by atoms with van der Waals surface area (Å²) >= 11 is 1.44. The highest BCUT2D eigenvalue weighted by Gasteiger charge is 2.44. The van der Waals surface area contributed by atoms with Crippen LogP contribution < -0.4 is 5.32 Å². The van der Waals surface area contributed by atoms with Gasteiger partial charge in [0.15, 0.2) is 0 Å². The Bertz CT molecular complexity index is 656. The summed E-state index contributed by atoms with van der Waals surface area (Å²) < 4.78 is 12.9. The molecule has 0 radical (unpaired) electrons. The second kappa shape index (κ2) is 6.52. The highest BCUT2D eigenvalue weighted by molar-refractivity contribution is 7.15. The molecule has 1 heterocycles. The molecule has 22 heavy (non-hydrogen) atoms. The predicted molar refractivity (Wildman–Crippen MR) is 84.4 cm³/mol. The standard InChI is InChI=1S/C16H18FN3OS/c1-2-3-4-14-19-20-16(22-14)18-15(21)13-9-12(13)10-5-7-11(17)8-6-10/h5-8,12-13H,2-4,9H2,1H3,(H,18,20,21). The Morgan fingerprint density at radius 2 is 2.14 bits per heavy atom. The molecule has 1 fully saturated rings. The fourth-order valence-corrected chi connectivity index (χ4v) is 3.28. The van der Waals surface area contributed by atoms with E-state index < -0.39 is 0 Å². The molecule has 2 unspecified atom stereocenters. The molecule has 3 rings (SSSR count). The second-order valence-corrected chi connectivity index (χ2v) is 6.66. The number of amides is 1. The number of aryl methyl sites for hydroxylation is 1. The number of carbonyl (C=O) groups excluding carboxylic acids is 1. The number of nitrogens with zero attached hydrogens (tertiary/aromatic N) is 2. The van der Waals surface area contributed by atoms with Crippen molar-refractivity contribution in [1.29, 1.82) is 0 Å². The number of hydrogen-bond acceptors (Lipinski definition) is 4. The fourth-order valence-electron chi connectivity index (χ4n) is 2.49.